The molecule has 27 heavy (non-hydrogen) atoms. The van der Waals surface area contributed by atoms with Gasteiger partial charge in [-0.3, -0.25) is 24.5 Å². The van der Waals surface area contributed by atoms with E-state index < -0.39 is 22.9 Å². The Kier molecular flexibility index (Phi) is 6.37. The van der Waals surface area contributed by atoms with Gasteiger partial charge in [-0.15, -0.1) is 0 Å². The first-order valence-corrected chi connectivity index (χ1v) is 8.11. The van der Waals surface area contributed by atoms with Gasteiger partial charge in [0.1, 0.15) is 0 Å². The third-order valence-corrected chi connectivity index (χ3v) is 3.74. The number of para-hydroxylation sites is 1. The van der Waals surface area contributed by atoms with Crippen molar-refractivity contribution in [3.8, 4) is 0 Å². The Morgan fingerprint density at radius 2 is 1.85 bits per heavy atom. The molecule has 1 amide bonds. The summed E-state index contributed by atoms with van der Waals surface area (Å²) in [5.41, 5.74) is 0.852. The minimum atomic E-state index is -1.11. The number of anilines is 1. The maximum atomic E-state index is 12.2. The number of Topliss-reactive ketones (excluding diaryl/α,β-unsaturated/α-hetero) is 1. The van der Waals surface area contributed by atoms with Gasteiger partial charge in [-0.05, 0) is 26.0 Å². The number of carbonyl (C=O) groups excluding carboxylic acids is 3. The minimum absolute atomic E-state index is 0.143. The fraction of sp³-hybridized carbons (Fsp3) is 0.211. The Bertz CT molecular complexity index is 893. The molecular weight excluding hydrogens is 352 g/mol. The number of nitro benzene ring substituents is 1. The number of hydrogen-bond donors (Lipinski definition) is 1. The molecular formula is C19H18N2O6. The van der Waals surface area contributed by atoms with E-state index in [0.717, 1.165) is 0 Å². The zero-order chi connectivity index (χ0) is 20.0. The SMILES string of the molecule is CC(=O)c1cccc(NC(=O)[C@@H](C)OC(=O)Cc2ccccc2[N+](=O)[O-])c1. The van der Waals surface area contributed by atoms with Crippen LogP contribution in [0.4, 0.5) is 11.4 Å². The Morgan fingerprint density at radius 3 is 2.52 bits per heavy atom. The van der Waals surface area contributed by atoms with Gasteiger partial charge in [-0.2, -0.15) is 0 Å². The average molecular weight is 370 g/mol. The van der Waals surface area contributed by atoms with Gasteiger partial charge in [-0.25, -0.2) is 0 Å². The molecule has 0 aromatic heterocycles. The number of carbonyl (C=O) groups is 3. The number of amides is 1. The summed E-state index contributed by atoms with van der Waals surface area (Å²) in [7, 11) is 0. The Hall–Kier alpha value is -3.55. The number of hydrogen-bond acceptors (Lipinski definition) is 6. The molecule has 2 aromatic rings. The predicted molar refractivity (Wildman–Crippen MR) is 97.4 cm³/mol. The number of ketones is 1. The van der Waals surface area contributed by atoms with E-state index in [-0.39, 0.29) is 23.5 Å². The normalized spacial score (nSPS) is 11.3. The standard InChI is InChI=1S/C19H18N2O6/c1-12(22)14-7-5-8-16(10-14)20-19(24)13(2)27-18(23)11-15-6-3-4-9-17(15)21(25)26/h3-10,13H,11H2,1-2H3,(H,20,24)/t13-/m1/s1. The lowest BCUT2D eigenvalue weighted by atomic mass is 10.1. The van der Waals surface area contributed by atoms with Crippen LogP contribution in [0.15, 0.2) is 48.5 Å². The van der Waals surface area contributed by atoms with Gasteiger partial charge in [0.25, 0.3) is 11.6 Å². The predicted octanol–water partition coefficient (Wildman–Crippen LogP) is 2.91. The topological polar surface area (TPSA) is 116 Å². The molecule has 0 unspecified atom stereocenters. The molecule has 8 heteroatoms. The monoisotopic (exact) mass is 370 g/mol. The lowest BCUT2D eigenvalue weighted by Crippen LogP contribution is -2.30. The first-order chi connectivity index (χ1) is 12.8. The summed E-state index contributed by atoms with van der Waals surface area (Å²) in [6.07, 6.45) is -1.43. The van der Waals surface area contributed by atoms with Gasteiger partial charge >= 0.3 is 5.97 Å². The van der Waals surface area contributed by atoms with Gasteiger partial charge in [0.05, 0.1) is 11.3 Å². The van der Waals surface area contributed by atoms with E-state index in [9.17, 15) is 24.5 Å². The highest BCUT2D eigenvalue weighted by molar-refractivity contribution is 5.98. The van der Waals surface area contributed by atoms with E-state index in [1.807, 2.05) is 0 Å². The Labute approximate surface area is 155 Å². The highest BCUT2D eigenvalue weighted by atomic mass is 16.6. The molecule has 0 saturated carbocycles. The molecule has 0 aliphatic heterocycles. The first kappa shape index (κ1) is 19.8. The summed E-state index contributed by atoms with van der Waals surface area (Å²) in [6, 6.07) is 12.2. The van der Waals surface area contributed by atoms with Crippen LogP contribution >= 0.6 is 0 Å². The molecule has 1 atom stereocenters. The molecule has 0 aliphatic carbocycles. The molecule has 140 valence electrons. The van der Waals surface area contributed by atoms with Crippen LogP contribution in [-0.4, -0.2) is 28.7 Å². The van der Waals surface area contributed by atoms with Gasteiger partial charge in [0, 0.05) is 22.9 Å². The number of benzene rings is 2. The quantitative estimate of drug-likeness (QED) is 0.347. The van der Waals surface area contributed by atoms with Crippen molar-refractivity contribution in [3.63, 3.8) is 0 Å². The van der Waals surface area contributed by atoms with Crippen molar-refractivity contribution in [2.45, 2.75) is 26.4 Å². The van der Waals surface area contributed by atoms with Crippen LogP contribution in [0.2, 0.25) is 0 Å². The Morgan fingerprint density at radius 1 is 1.15 bits per heavy atom. The fourth-order valence-electron chi connectivity index (χ4n) is 2.35. The van der Waals surface area contributed by atoms with Crippen molar-refractivity contribution in [1.29, 1.82) is 0 Å². The summed E-state index contributed by atoms with van der Waals surface area (Å²) in [5, 5.41) is 13.5. The first-order valence-electron chi connectivity index (χ1n) is 8.11. The van der Waals surface area contributed by atoms with Crippen LogP contribution in [-0.2, 0) is 20.7 Å². The second-order valence-electron chi connectivity index (χ2n) is 5.82. The van der Waals surface area contributed by atoms with Gasteiger partial charge in [0.2, 0.25) is 0 Å². The highest BCUT2D eigenvalue weighted by Crippen LogP contribution is 2.19. The van der Waals surface area contributed by atoms with Crippen LogP contribution in [0, 0.1) is 10.1 Å². The van der Waals surface area contributed by atoms with E-state index in [1.54, 1.807) is 24.3 Å². The summed E-state index contributed by atoms with van der Waals surface area (Å²) >= 11 is 0. The lowest BCUT2D eigenvalue weighted by Gasteiger charge is -2.14. The summed E-state index contributed by atoms with van der Waals surface area (Å²) in [5.74, 6) is -1.48. The van der Waals surface area contributed by atoms with E-state index in [1.165, 1.54) is 38.1 Å². The molecule has 0 radical (unpaired) electrons. The van der Waals surface area contributed by atoms with Crippen molar-refractivity contribution in [2.75, 3.05) is 5.32 Å². The molecule has 2 aromatic carbocycles. The maximum Gasteiger partial charge on any atom is 0.311 e. The number of esters is 1. The van der Waals surface area contributed by atoms with Crippen LogP contribution < -0.4 is 5.32 Å². The van der Waals surface area contributed by atoms with E-state index in [0.29, 0.717) is 11.3 Å². The number of nitro groups is 1. The van der Waals surface area contributed by atoms with E-state index in [2.05, 4.69) is 5.32 Å². The second kappa shape index (κ2) is 8.70. The molecule has 0 heterocycles. The zero-order valence-corrected chi connectivity index (χ0v) is 14.8. The van der Waals surface area contributed by atoms with Crippen LogP contribution in [0.1, 0.15) is 29.8 Å². The van der Waals surface area contributed by atoms with E-state index >= 15 is 0 Å². The average Bonchev–Trinajstić information content (AvgIpc) is 2.62. The summed E-state index contributed by atoms with van der Waals surface area (Å²) < 4.78 is 5.06. The zero-order valence-electron chi connectivity index (χ0n) is 14.8. The molecule has 0 saturated heterocycles. The van der Waals surface area contributed by atoms with Crippen LogP contribution in [0.3, 0.4) is 0 Å². The summed E-state index contributed by atoms with van der Waals surface area (Å²) in [4.78, 5) is 46.0. The summed E-state index contributed by atoms with van der Waals surface area (Å²) in [6.45, 7) is 2.80. The Balaban J connectivity index is 1.98. The molecule has 2 rings (SSSR count). The third-order valence-electron chi connectivity index (χ3n) is 3.74. The van der Waals surface area contributed by atoms with Crippen molar-refractivity contribution >= 4 is 29.0 Å². The minimum Gasteiger partial charge on any atom is -0.452 e. The smallest absolute Gasteiger partial charge is 0.311 e. The molecule has 0 spiro atoms. The van der Waals surface area contributed by atoms with Crippen LogP contribution in [0.5, 0.6) is 0 Å². The number of rotatable bonds is 7. The number of ether oxygens (including phenoxy) is 1. The second-order valence-corrected chi connectivity index (χ2v) is 5.82. The van der Waals surface area contributed by atoms with Crippen molar-refractivity contribution in [2.24, 2.45) is 0 Å². The highest BCUT2D eigenvalue weighted by Gasteiger charge is 2.21. The molecule has 1 N–H and O–H groups in total. The lowest BCUT2D eigenvalue weighted by molar-refractivity contribution is -0.385. The largest absolute Gasteiger partial charge is 0.452 e. The molecule has 0 bridgehead atoms. The molecule has 8 nitrogen and oxygen atoms in total. The van der Waals surface area contributed by atoms with Gasteiger partial charge in [0.15, 0.2) is 11.9 Å². The fourth-order valence-corrected chi connectivity index (χ4v) is 2.35. The number of nitrogens with one attached hydrogen (secondary N) is 1. The third kappa shape index (κ3) is 5.46. The maximum absolute atomic E-state index is 12.2. The van der Waals surface area contributed by atoms with Gasteiger partial charge < -0.3 is 10.1 Å². The van der Waals surface area contributed by atoms with Crippen molar-refractivity contribution in [1.82, 2.24) is 0 Å². The van der Waals surface area contributed by atoms with Crippen LogP contribution in [0.25, 0.3) is 0 Å². The van der Waals surface area contributed by atoms with E-state index in [4.69, 9.17) is 4.74 Å². The van der Waals surface area contributed by atoms with Crippen molar-refractivity contribution < 1.29 is 24.0 Å². The number of nitrogens with zero attached hydrogens (tertiary/aromatic N) is 1. The van der Waals surface area contributed by atoms with Crippen molar-refractivity contribution in [3.05, 3.63) is 69.8 Å². The molecule has 0 fully saturated rings. The van der Waals surface area contributed by atoms with Gasteiger partial charge in [-0.1, -0.05) is 30.3 Å². The molecule has 0 aliphatic rings.